The van der Waals surface area contributed by atoms with E-state index in [0.717, 1.165) is 25.4 Å². The lowest BCUT2D eigenvalue weighted by Gasteiger charge is -2.35. The van der Waals surface area contributed by atoms with Gasteiger partial charge in [-0.25, -0.2) is 0 Å². The average Bonchev–Trinajstić information content (AvgIpc) is 2.44. The van der Waals surface area contributed by atoms with Gasteiger partial charge in [0, 0.05) is 18.6 Å². The van der Waals surface area contributed by atoms with Gasteiger partial charge in [-0.1, -0.05) is 13.0 Å². The van der Waals surface area contributed by atoms with E-state index in [0.29, 0.717) is 12.1 Å². The van der Waals surface area contributed by atoms with Crippen molar-refractivity contribution in [3.63, 3.8) is 0 Å². The van der Waals surface area contributed by atoms with Crippen molar-refractivity contribution in [1.29, 1.82) is 0 Å². The molecule has 3 nitrogen and oxygen atoms in total. The first-order valence-electron chi connectivity index (χ1n) is 8.29. The summed E-state index contributed by atoms with van der Waals surface area (Å²) in [5.41, 5.74) is 8.52. The van der Waals surface area contributed by atoms with Crippen molar-refractivity contribution in [1.82, 2.24) is 4.90 Å². The first kappa shape index (κ1) is 16.3. The van der Waals surface area contributed by atoms with Crippen LogP contribution >= 0.6 is 0 Å². The van der Waals surface area contributed by atoms with E-state index in [2.05, 4.69) is 43.9 Å². The van der Waals surface area contributed by atoms with Crippen LogP contribution < -0.4 is 10.5 Å². The van der Waals surface area contributed by atoms with Gasteiger partial charge < -0.3 is 10.5 Å². The maximum atomic E-state index is 6.00. The number of nitrogens with zero attached hydrogens (tertiary/aromatic N) is 1. The maximum Gasteiger partial charge on any atom is 0.119 e. The monoisotopic (exact) mass is 290 g/mol. The van der Waals surface area contributed by atoms with E-state index in [9.17, 15) is 0 Å². The molecule has 118 valence electrons. The van der Waals surface area contributed by atoms with Gasteiger partial charge >= 0.3 is 0 Å². The van der Waals surface area contributed by atoms with Crippen molar-refractivity contribution in [2.75, 3.05) is 19.7 Å². The highest BCUT2D eigenvalue weighted by Gasteiger charge is 2.23. The average molecular weight is 290 g/mol. The van der Waals surface area contributed by atoms with Gasteiger partial charge in [0.2, 0.25) is 0 Å². The Morgan fingerprint density at radius 3 is 2.29 bits per heavy atom. The van der Waals surface area contributed by atoms with Crippen LogP contribution in [0.3, 0.4) is 0 Å². The van der Waals surface area contributed by atoms with Gasteiger partial charge in [-0.3, -0.25) is 4.90 Å². The third-order valence-corrected chi connectivity index (χ3v) is 4.51. The van der Waals surface area contributed by atoms with Gasteiger partial charge in [-0.05, 0) is 69.3 Å². The summed E-state index contributed by atoms with van der Waals surface area (Å²) in [6, 6.07) is 7.52. The van der Waals surface area contributed by atoms with Gasteiger partial charge in [0.05, 0.1) is 0 Å². The Labute approximate surface area is 129 Å². The quantitative estimate of drug-likeness (QED) is 0.874. The molecule has 1 aromatic rings. The lowest BCUT2D eigenvalue weighted by Crippen LogP contribution is -2.42. The Morgan fingerprint density at radius 1 is 1.10 bits per heavy atom. The van der Waals surface area contributed by atoms with E-state index >= 15 is 0 Å². The molecular formula is C18H30N2O. The number of aryl methyl sites for hydroxylation is 2. The van der Waals surface area contributed by atoms with Gasteiger partial charge in [-0.2, -0.15) is 0 Å². The molecule has 2 N–H and O–H groups in total. The molecule has 2 rings (SSSR count). The van der Waals surface area contributed by atoms with E-state index < -0.39 is 0 Å². The molecule has 0 unspecified atom stereocenters. The number of likely N-dealkylation sites (N-methyl/N-ethyl adjacent to an activating group) is 1. The van der Waals surface area contributed by atoms with Crippen LogP contribution in [0.5, 0.6) is 5.75 Å². The van der Waals surface area contributed by atoms with Crippen LogP contribution in [0.15, 0.2) is 18.2 Å². The number of hydrogen-bond acceptors (Lipinski definition) is 3. The summed E-state index contributed by atoms with van der Waals surface area (Å²) in [4.78, 5) is 2.55. The minimum atomic E-state index is 0.423. The Balaban J connectivity index is 1.80. The predicted octanol–water partition coefficient (Wildman–Crippen LogP) is 3.27. The van der Waals surface area contributed by atoms with Gasteiger partial charge in [0.15, 0.2) is 0 Å². The molecule has 0 saturated heterocycles. The van der Waals surface area contributed by atoms with Crippen LogP contribution in [-0.2, 0) is 0 Å². The number of ether oxygens (including phenoxy) is 1. The molecule has 0 aromatic heterocycles. The lowest BCUT2D eigenvalue weighted by molar-refractivity contribution is 0.132. The third-order valence-electron chi connectivity index (χ3n) is 4.51. The number of rotatable bonds is 6. The summed E-state index contributed by atoms with van der Waals surface area (Å²) in [6.45, 7) is 9.33. The topological polar surface area (TPSA) is 38.5 Å². The van der Waals surface area contributed by atoms with E-state index in [1.807, 2.05) is 0 Å². The number of hydrogen-bond donors (Lipinski definition) is 1. The maximum absolute atomic E-state index is 6.00. The first-order chi connectivity index (χ1) is 10.1. The third kappa shape index (κ3) is 5.01. The van der Waals surface area contributed by atoms with Crippen LogP contribution in [0.2, 0.25) is 0 Å². The van der Waals surface area contributed by atoms with Crippen molar-refractivity contribution in [2.45, 2.75) is 58.5 Å². The zero-order chi connectivity index (χ0) is 15.2. The predicted molar refractivity (Wildman–Crippen MR) is 88.9 cm³/mol. The first-order valence-corrected chi connectivity index (χ1v) is 8.29. The standard InChI is InChI=1S/C18H30N2O/c1-4-20(17-7-5-16(19)6-8-17)9-10-21-18-12-14(2)11-15(3)13-18/h11-13,16-17H,4-10,19H2,1-3H3. The van der Waals surface area contributed by atoms with E-state index in [1.54, 1.807) is 0 Å². The van der Waals surface area contributed by atoms with Crippen LogP contribution in [0.25, 0.3) is 0 Å². The molecule has 0 aliphatic heterocycles. The van der Waals surface area contributed by atoms with Crippen molar-refractivity contribution < 1.29 is 4.74 Å². The Morgan fingerprint density at radius 2 is 1.71 bits per heavy atom. The van der Waals surface area contributed by atoms with Crippen molar-refractivity contribution in [3.8, 4) is 5.75 Å². The number of nitrogens with two attached hydrogens (primary N) is 1. The van der Waals surface area contributed by atoms with E-state index in [-0.39, 0.29) is 0 Å². The van der Waals surface area contributed by atoms with Crippen molar-refractivity contribution >= 4 is 0 Å². The molecule has 1 fully saturated rings. The number of benzene rings is 1. The van der Waals surface area contributed by atoms with Crippen LogP contribution in [0.4, 0.5) is 0 Å². The lowest BCUT2D eigenvalue weighted by atomic mass is 9.91. The second kappa shape index (κ2) is 7.81. The normalized spacial score (nSPS) is 22.5. The Bertz CT molecular complexity index is 419. The van der Waals surface area contributed by atoms with E-state index in [1.165, 1.54) is 36.8 Å². The second-order valence-electron chi connectivity index (χ2n) is 6.37. The summed E-state index contributed by atoms with van der Waals surface area (Å²) in [5.74, 6) is 0.995. The SMILES string of the molecule is CCN(CCOc1cc(C)cc(C)c1)C1CCC(N)CC1. The van der Waals surface area contributed by atoms with Gasteiger partial charge in [0.1, 0.15) is 12.4 Å². The minimum absolute atomic E-state index is 0.423. The summed E-state index contributed by atoms with van der Waals surface area (Å²) in [7, 11) is 0. The van der Waals surface area contributed by atoms with Crippen LogP contribution in [0.1, 0.15) is 43.7 Å². The molecule has 1 aliphatic carbocycles. The molecule has 1 aliphatic rings. The largest absolute Gasteiger partial charge is 0.492 e. The molecule has 3 heteroatoms. The summed E-state index contributed by atoms with van der Waals surface area (Å²) < 4.78 is 5.95. The highest BCUT2D eigenvalue weighted by Crippen LogP contribution is 2.22. The van der Waals surface area contributed by atoms with Crippen molar-refractivity contribution in [2.24, 2.45) is 5.73 Å². The molecule has 0 spiro atoms. The molecule has 1 saturated carbocycles. The molecule has 21 heavy (non-hydrogen) atoms. The Kier molecular flexibility index (Phi) is 6.07. The zero-order valence-corrected chi connectivity index (χ0v) is 13.8. The van der Waals surface area contributed by atoms with E-state index in [4.69, 9.17) is 10.5 Å². The summed E-state index contributed by atoms with van der Waals surface area (Å²) >= 11 is 0. The molecule has 0 radical (unpaired) electrons. The highest BCUT2D eigenvalue weighted by atomic mass is 16.5. The fourth-order valence-electron chi connectivity index (χ4n) is 3.36. The fraction of sp³-hybridized carbons (Fsp3) is 0.667. The summed E-state index contributed by atoms with van der Waals surface area (Å²) in [6.07, 6.45) is 4.80. The summed E-state index contributed by atoms with van der Waals surface area (Å²) in [5, 5.41) is 0. The fourth-order valence-corrected chi connectivity index (χ4v) is 3.36. The Hall–Kier alpha value is -1.06. The van der Waals surface area contributed by atoms with Crippen LogP contribution in [-0.4, -0.2) is 36.7 Å². The minimum Gasteiger partial charge on any atom is -0.492 e. The van der Waals surface area contributed by atoms with Gasteiger partial charge in [-0.15, -0.1) is 0 Å². The highest BCUT2D eigenvalue weighted by molar-refractivity contribution is 5.32. The molecule has 0 heterocycles. The molecule has 1 aromatic carbocycles. The second-order valence-corrected chi connectivity index (χ2v) is 6.37. The van der Waals surface area contributed by atoms with Gasteiger partial charge in [0.25, 0.3) is 0 Å². The molecule has 0 bridgehead atoms. The smallest absolute Gasteiger partial charge is 0.119 e. The zero-order valence-electron chi connectivity index (χ0n) is 13.8. The molecular weight excluding hydrogens is 260 g/mol. The van der Waals surface area contributed by atoms with Crippen LogP contribution in [0, 0.1) is 13.8 Å². The molecule has 0 amide bonds. The van der Waals surface area contributed by atoms with Crippen molar-refractivity contribution in [3.05, 3.63) is 29.3 Å². The molecule has 0 atom stereocenters.